The van der Waals surface area contributed by atoms with Crippen molar-refractivity contribution in [1.82, 2.24) is 4.98 Å². The second kappa shape index (κ2) is 7.66. The van der Waals surface area contributed by atoms with Crippen molar-refractivity contribution in [2.75, 3.05) is 11.1 Å². The summed E-state index contributed by atoms with van der Waals surface area (Å²) in [5.74, 6) is -0.497. The molecular formula is C20H19FN2OS. The minimum absolute atomic E-state index is 0.186. The van der Waals surface area contributed by atoms with E-state index in [4.69, 9.17) is 4.98 Å². The Morgan fingerprint density at radius 2 is 2.00 bits per heavy atom. The molecule has 0 unspecified atom stereocenters. The summed E-state index contributed by atoms with van der Waals surface area (Å²) in [5, 5.41) is 4.56. The average Bonchev–Trinajstić information content (AvgIpc) is 2.61. The Bertz CT molecular complexity index is 927. The number of hydrogen-bond donors (Lipinski definition) is 1. The lowest BCUT2D eigenvalue weighted by molar-refractivity contribution is -0.113. The Morgan fingerprint density at radius 1 is 1.20 bits per heavy atom. The molecule has 0 fully saturated rings. The molecule has 0 saturated heterocycles. The van der Waals surface area contributed by atoms with Gasteiger partial charge in [0.1, 0.15) is 10.8 Å². The van der Waals surface area contributed by atoms with Gasteiger partial charge >= 0.3 is 0 Å². The SMILES string of the molecule is CCc1cc2cc(C)ccc2nc1SCC(=O)Nc1ccccc1F. The molecule has 25 heavy (non-hydrogen) atoms. The number of aromatic nitrogens is 1. The minimum atomic E-state index is -0.436. The van der Waals surface area contributed by atoms with Gasteiger partial charge in [-0.3, -0.25) is 4.79 Å². The maximum absolute atomic E-state index is 13.6. The fourth-order valence-corrected chi connectivity index (χ4v) is 3.47. The van der Waals surface area contributed by atoms with Gasteiger partial charge in [-0.25, -0.2) is 9.37 Å². The number of thioether (sulfide) groups is 1. The van der Waals surface area contributed by atoms with Crippen molar-refractivity contribution >= 4 is 34.3 Å². The monoisotopic (exact) mass is 354 g/mol. The second-order valence-electron chi connectivity index (χ2n) is 5.82. The third kappa shape index (κ3) is 4.17. The van der Waals surface area contributed by atoms with Gasteiger partial charge < -0.3 is 5.32 Å². The lowest BCUT2D eigenvalue weighted by Gasteiger charge is -2.10. The van der Waals surface area contributed by atoms with Crippen LogP contribution in [0.25, 0.3) is 10.9 Å². The van der Waals surface area contributed by atoms with Gasteiger partial charge in [0, 0.05) is 5.39 Å². The zero-order valence-electron chi connectivity index (χ0n) is 14.2. The molecular weight excluding hydrogens is 335 g/mol. The molecule has 0 saturated carbocycles. The lowest BCUT2D eigenvalue weighted by atomic mass is 10.1. The first kappa shape index (κ1) is 17.4. The number of rotatable bonds is 5. The van der Waals surface area contributed by atoms with E-state index in [1.165, 1.54) is 23.4 Å². The summed E-state index contributed by atoms with van der Waals surface area (Å²) in [5.41, 5.74) is 3.42. The zero-order valence-corrected chi connectivity index (χ0v) is 15.0. The molecule has 3 rings (SSSR count). The van der Waals surface area contributed by atoms with E-state index in [9.17, 15) is 9.18 Å². The molecule has 0 aliphatic heterocycles. The summed E-state index contributed by atoms with van der Waals surface area (Å²) >= 11 is 1.38. The van der Waals surface area contributed by atoms with E-state index < -0.39 is 5.82 Å². The average molecular weight is 354 g/mol. The van der Waals surface area contributed by atoms with Crippen molar-refractivity contribution in [1.29, 1.82) is 0 Å². The molecule has 128 valence electrons. The van der Waals surface area contributed by atoms with Crippen LogP contribution >= 0.6 is 11.8 Å². The second-order valence-corrected chi connectivity index (χ2v) is 6.78. The number of nitrogens with zero attached hydrogens (tertiary/aromatic N) is 1. The molecule has 0 aliphatic carbocycles. The number of carbonyl (C=O) groups is 1. The third-order valence-corrected chi connectivity index (χ3v) is 4.91. The Morgan fingerprint density at radius 3 is 2.76 bits per heavy atom. The van der Waals surface area contributed by atoms with Gasteiger partial charge in [-0.05, 0) is 49.2 Å². The maximum atomic E-state index is 13.6. The van der Waals surface area contributed by atoms with Crippen molar-refractivity contribution in [2.24, 2.45) is 0 Å². The van der Waals surface area contributed by atoms with E-state index in [-0.39, 0.29) is 17.3 Å². The van der Waals surface area contributed by atoms with Crippen LogP contribution < -0.4 is 5.32 Å². The molecule has 2 aromatic carbocycles. The van der Waals surface area contributed by atoms with Crippen LogP contribution in [0.5, 0.6) is 0 Å². The van der Waals surface area contributed by atoms with Crippen LogP contribution in [0.3, 0.4) is 0 Å². The van der Waals surface area contributed by atoms with Gasteiger partial charge in [-0.1, -0.05) is 42.4 Å². The maximum Gasteiger partial charge on any atom is 0.234 e. The van der Waals surface area contributed by atoms with Gasteiger partial charge in [-0.15, -0.1) is 0 Å². The van der Waals surface area contributed by atoms with Crippen molar-refractivity contribution in [3.05, 3.63) is 65.5 Å². The van der Waals surface area contributed by atoms with E-state index in [1.807, 2.05) is 12.1 Å². The number of fused-ring (bicyclic) bond motifs is 1. The Hall–Kier alpha value is -2.40. The molecule has 0 radical (unpaired) electrons. The number of anilines is 1. The molecule has 1 aromatic heterocycles. The molecule has 1 amide bonds. The quantitative estimate of drug-likeness (QED) is 0.657. The van der Waals surface area contributed by atoms with Gasteiger partial charge in [0.05, 0.1) is 17.0 Å². The summed E-state index contributed by atoms with van der Waals surface area (Å²) in [6.07, 6.45) is 0.841. The highest BCUT2D eigenvalue weighted by Crippen LogP contribution is 2.26. The van der Waals surface area contributed by atoms with Crippen LogP contribution in [-0.2, 0) is 11.2 Å². The van der Waals surface area contributed by atoms with Crippen molar-refractivity contribution < 1.29 is 9.18 Å². The molecule has 0 aliphatic rings. The normalized spacial score (nSPS) is 10.8. The zero-order chi connectivity index (χ0) is 17.8. The van der Waals surface area contributed by atoms with Crippen LogP contribution in [0.2, 0.25) is 0 Å². The van der Waals surface area contributed by atoms with Gasteiger partial charge in [0.25, 0.3) is 0 Å². The Labute approximate surface area is 150 Å². The van der Waals surface area contributed by atoms with Crippen LogP contribution in [0, 0.1) is 12.7 Å². The molecule has 1 N–H and O–H groups in total. The topological polar surface area (TPSA) is 42.0 Å². The van der Waals surface area contributed by atoms with E-state index in [0.29, 0.717) is 0 Å². The molecule has 0 spiro atoms. The van der Waals surface area contributed by atoms with E-state index in [1.54, 1.807) is 18.2 Å². The lowest BCUT2D eigenvalue weighted by Crippen LogP contribution is -2.15. The predicted octanol–water partition coefficient (Wildman–Crippen LogP) is 4.98. The van der Waals surface area contributed by atoms with Crippen molar-refractivity contribution in [2.45, 2.75) is 25.3 Å². The van der Waals surface area contributed by atoms with Crippen molar-refractivity contribution in [3.8, 4) is 0 Å². The number of nitrogens with one attached hydrogen (secondary N) is 1. The third-order valence-electron chi connectivity index (χ3n) is 3.88. The smallest absolute Gasteiger partial charge is 0.234 e. The summed E-state index contributed by atoms with van der Waals surface area (Å²) < 4.78 is 13.6. The van der Waals surface area contributed by atoms with Gasteiger partial charge in [-0.2, -0.15) is 0 Å². The number of pyridine rings is 1. The first-order valence-electron chi connectivity index (χ1n) is 8.14. The molecule has 0 atom stereocenters. The predicted molar refractivity (Wildman–Crippen MR) is 102 cm³/mol. The number of hydrogen-bond acceptors (Lipinski definition) is 3. The van der Waals surface area contributed by atoms with Gasteiger partial charge in [0.2, 0.25) is 5.91 Å². The first-order valence-corrected chi connectivity index (χ1v) is 9.13. The number of amides is 1. The van der Waals surface area contributed by atoms with Crippen LogP contribution in [0.1, 0.15) is 18.1 Å². The number of halogens is 1. The molecule has 0 bridgehead atoms. The number of para-hydroxylation sites is 1. The van der Waals surface area contributed by atoms with Gasteiger partial charge in [0.15, 0.2) is 0 Å². The molecule has 3 aromatic rings. The van der Waals surface area contributed by atoms with Crippen LogP contribution in [0.15, 0.2) is 53.6 Å². The van der Waals surface area contributed by atoms with Crippen molar-refractivity contribution in [3.63, 3.8) is 0 Å². The van der Waals surface area contributed by atoms with E-state index in [0.717, 1.165) is 27.9 Å². The van der Waals surface area contributed by atoms with E-state index in [2.05, 4.69) is 31.3 Å². The number of aryl methyl sites for hydroxylation is 2. The highest BCUT2D eigenvalue weighted by molar-refractivity contribution is 8.00. The number of carbonyl (C=O) groups excluding carboxylic acids is 1. The highest BCUT2D eigenvalue weighted by Gasteiger charge is 2.11. The van der Waals surface area contributed by atoms with Crippen LogP contribution in [-0.4, -0.2) is 16.6 Å². The Balaban J connectivity index is 1.75. The van der Waals surface area contributed by atoms with E-state index >= 15 is 0 Å². The summed E-state index contributed by atoms with van der Waals surface area (Å²) in [6.45, 7) is 4.13. The van der Waals surface area contributed by atoms with Crippen LogP contribution in [0.4, 0.5) is 10.1 Å². The minimum Gasteiger partial charge on any atom is -0.323 e. The molecule has 1 heterocycles. The largest absolute Gasteiger partial charge is 0.323 e. The molecule has 5 heteroatoms. The molecule has 3 nitrogen and oxygen atoms in total. The highest BCUT2D eigenvalue weighted by atomic mass is 32.2. The standard InChI is InChI=1S/C20H19FN2OS/c1-3-14-11-15-10-13(2)8-9-17(15)23-20(14)25-12-19(24)22-18-7-5-4-6-16(18)21/h4-11H,3,12H2,1-2H3,(H,22,24). The summed E-state index contributed by atoms with van der Waals surface area (Å²) in [4.78, 5) is 16.8. The number of benzene rings is 2. The summed E-state index contributed by atoms with van der Waals surface area (Å²) in [6, 6.07) is 14.4. The Kier molecular flexibility index (Phi) is 5.34. The summed E-state index contributed by atoms with van der Waals surface area (Å²) in [7, 11) is 0. The fraction of sp³-hybridized carbons (Fsp3) is 0.200. The first-order chi connectivity index (χ1) is 12.1. The fourth-order valence-electron chi connectivity index (χ4n) is 2.58.